The molecule has 0 atom stereocenters. The van der Waals surface area contributed by atoms with E-state index in [1.807, 2.05) is 6.92 Å². The molecule has 0 radical (unpaired) electrons. The van der Waals surface area contributed by atoms with Gasteiger partial charge in [0, 0.05) is 5.56 Å². The van der Waals surface area contributed by atoms with Crippen LogP contribution in [-0.4, -0.2) is 11.6 Å². The Morgan fingerprint density at radius 3 is 3.06 bits per heavy atom. The number of hydrogen-bond acceptors (Lipinski definition) is 4. The molecule has 2 heterocycles. The van der Waals surface area contributed by atoms with Crippen molar-refractivity contribution in [2.24, 2.45) is 0 Å². The van der Waals surface area contributed by atoms with Crippen molar-refractivity contribution in [2.45, 2.75) is 24.0 Å². The number of thiazole rings is 1. The zero-order valence-electron chi connectivity index (χ0n) is 9.56. The number of aryl methyl sites for hydroxylation is 2. The fraction of sp³-hybridized carbons (Fsp3) is 0.308. The Kier molecular flexibility index (Phi) is 2.84. The van der Waals surface area contributed by atoms with Gasteiger partial charge in [0.2, 0.25) is 0 Å². The van der Waals surface area contributed by atoms with Gasteiger partial charge in [-0.2, -0.15) is 0 Å². The van der Waals surface area contributed by atoms with E-state index in [4.69, 9.17) is 4.74 Å². The summed E-state index contributed by atoms with van der Waals surface area (Å²) in [4.78, 5) is 4.53. The third-order valence-corrected chi connectivity index (χ3v) is 4.53. The first kappa shape index (κ1) is 11.1. The molecule has 1 aliphatic rings. The second-order valence-electron chi connectivity index (χ2n) is 4.18. The van der Waals surface area contributed by atoms with Crippen LogP contribution in [0.15, 0.2) is 22.4 Å². The molecule has 2 nitrogen and oxygen atoms in total. The van der Waals surface area contributed by atoms with E-state index < -0.39 is 0 Å². The molecule has 88 valence electrons. The van der Waals surface area contributed by atoms with Gasteiger partial charge in [-0.25, -0.2) is 4.98 Å². The van der Waals surface area contributed by atoms with E-state index in [-0.39, 0.29) is 0 Å². The van der Waals surface area contributed by atoms with Gasteiger partial charge in [-0.15, -0.1) is 24.0 Å². The Bertz CT molecular complexity index is 543. The first-order valence-electron chi connectivity index (χ1n) is 5.66. The van der Waals surface area contributed by atoms with Gasteiger partial charge >= 0.3 is 0 Å². The molecule has 4 heteroatoms. The molecule has 17 heavy (non-hydrogen) atoms. The van der Waals surface area contributed by atoms with Gasteiger partial charge < -0.3 is 4.74 Å². The fourth-order valence-corrected chi connectivity index (χ4v) is 3.12. The van der Waals surface area contributed by atoms with E-state index >= 15 is 0 Å². The van der Waals surface area contributed by atoms with Crippen LogP contribution in [0.5, 0.6) is 5.75 Å². The highest BCUT2D eigenvalue weighted by Crippen LogP contribution is 2.34. The van der Waals surface area contributed by atoms with Gasteiger partial charge in [0.25, 0.3) is 0 Å². The molecular weight excluding hydrogens is 250 g/mol. The molecule has 0 bridgehead atoms. The molecule has 0 fully saturated rings. The normalized spacial score (nSPS) is 14.2. The predicted molar refractivity (Wildman–Crippen MR) is 73.4 cm³/mol. The summed E-state index contributed by atoms with van der Waals surface area (Å²) < 4.78 is 6.61. The highest BCUT2D eigenvalue weighted by atomic mass is 32.2. The Morgan fingerprint density at radius 2 is 2.29 bits per heavy atom. The van der Waals surface area contributed by atoms with Crippen molar-refractivity contribution in [1.29, 1.82) is 0 Å². The molecule has 0 unspecified atom stereocenters. The maximum absolute atomic E-state index is 5.61. The van der Waals surface area contributed by atoms with Crippen LogP contribution in [0.2, 0.25) is 0 Å². The van der Waals surface area contributed by atoms with Crippen LogP contribution < -0.4 is 4.74 Å². The van der Waals surface area contributed by atoms with Crippen LogP contribution in [0.4, 0.5) is 0 Å². The van der Waals surface area contributed by atoms with Gasteiger partial charge in [-0.3, -0.25) is 0 Å². The van der Waals surface area contributed by atoms with Crippen LogP contribution in [-0.2, 0) is 6.42 Å². The smallest absolute Gasteiger partial charge is 0.124 e. The molecule has 0 N–H and O–H groups in total. The summed E-state index contributed by atoms with van der Waals surface area (Å²) >= 11 is 6.03. The number of hydrogen-bond donors (Lipinski definition) is 1. The molecule has 1 aromatic heterocycles. The van der Waals surface area contributed by atoms with Crippen molar-refractivity contribution in [3.8, 4) is 16.3 Å². The first-order valence-corrected chi connectivity index (χ1v) is 6.93. The predicted octanol–water partition coefficient (Wildman–Crippen LogP) is 3.73. The second-order valence-corrected chi connectivity index (χ2v) is 5.93. The summed E-state index contributed by atoms with van der Waals surface area (Å²) in [6.07, 6.45) is 2.20. The van der Waals surface area contributed by atoms with Crippen molar-refractivity contribution >= 4 is 24.0 Å². The molecule has 0 aliphatic carbocycles. The minimum absolute atomic E-state index is 0.837. The summed E-state index contributed by atoms with van der Waals surface area (Å²) in [5, 5.41) is 1.04. The monoisotopic (exact) mass is 263 g/mol. The van der Waals surface area contributed by atoms with Crippen molar-refractivity contribution in [2.75, 3.05) is 6.61 Å². The third-order valence-electron chi connectivity index (χ3n) is 2.93. The summed E-state index contributed by atoms with van der Waals surface area (Å²) in [5.41, 5.74) is 3.47. The largest absolute Gasteiger partial charge is 0.493 e. The van der Waals surface area contributed by atoms with Crippen molar-refractivity contribution < 1.29 is 4.74 Å². The summed E-state index contributed by atoms with van der Waals surface area (Å²) in [7, 11) is 0. The highest BCUT2D eigenvalue weighted by Gasteiger charge is 2.13. The quantitative estimate of drug-likeness (QED) is 0.792. The topological polar surface area (TPSA) is 22.1 Å². The average molecular weight is 263 g/mol. The van der Waals surface area contributed by atoms with Crippen LogP contribution >= 0.6 is 24.0 Å². The molecule has 0 amide bonds. The molecule has 0 saturated heterocycles. The number of fused-ring (bicyclic) bond motifs is 1. The minimum atomic E-state index is 0.837. The van der Waals surface area contributed by atoms with E-state index in [0.29, 0.717) is 0 Å². The van der Waals surface area contributed by atoms with Crippen molar-refractivity contribution in [1.82, 2.24) is 4.98 Å². The molecule has 1 aliphatic heterocycles. The van der Waals surface area contributed by atoms with Gasteiger partial charge in [0.1, 0.15) is 10.8 Å². The zero-order valence-corrected chi connectivity index (χ0v) is 11.3. The third kappa shape index (κ3) is 2.07. The van der Waals surface area contributed by atoms with E-state index in [1.165, 1.54) is 11.1 Å². The van der Waals surface area contributed by atoms with E-state index in [9.17, 15) is 0 Å². The van der Waals surface area contributed by atoms with Crippen LogP contribution in [0, 0.1) is 6.92 Å². The fourth-order valence-electron chi connectivity index (χ4n) is 2.01. The van der Waals surface area contributed by atoms with Crippen molar-refractivity contribution in [3.05, 3.63) is 29.5 Å². The van der Waals surface area contributed by atoms with Crippen LogP contribution in [0.3, 0.4) is 0 Å². The maximum Gasteiger partial charge on any atom is 0.124 e. The maximum atomic E-state index is 5.61. The average Bonchev–Trinajstić information content (AvgIpc) is 2.69. The summed E-state index contributed by atoms with van der Waals surface area (Å²) in [5.74, 6) is 1.03. The van der Waals surface area contributed by atoms with Gasteiger partial charge in [0.15, 0.2) is 0 Å². The SMILES string of the molecule is Cc1nc(-c2ccc3c(c2)CCCO3)sc1S. The van der Waals surface area contributed by atoms with Crippen molar-refractivity contribution in [3.63, 3.8) is 0 Å². The molecule has 0 saturated carbocycles. The number of aromatic nitrogens is 1. The highest BCUT2D eigenvalue weighted by molar-refractivity contribution is 7.83. The minimum Gasteiger partial charge on any atom is -0.493 e. The number of rotatable bonds is 1. The van der Waals surface area contributed by atoms with Gasteiger partial charge in [-0.05, 0) is 43.5 Å². The Morgan fingerprint density at radius 1 is 1.41 bits per heavy atom. The number of thiol groups is 1. The van der Waals surface area contributed by atoms with Gasteiger partial charge in [-0.1, -0.05) is 0 Å². The first-order chi connectivity index (χ1) is 8.24. The molecule has 2 aromatic rings. The molecule has 3 rings (SSSR count). The van der Waals surface area contributed by atoms with Gasteiger partial charge in [0.05, 0.1) is 16.5 Å². The van der Waals surface area contributed by atoms with Crippen LogP contribution in [0.25, 0.3) is 10.6 Å². The zero-order chi connectivity index (χ0) is 11.8. The molecule has 0 spiro atoms. The Balaban J connectivity index is 2.03. The standard InChI is InChI=1S/C13H13NOS2/c1-8-13(16)17-12(14-8)10-4-5-11-9(7-10)3-2-6-15-11/h4-5,7,16H,2-3,6H2,1H3. The lowest BCUT2D eigenvalue weighted by Gasteiger charge is -2.17. The Hall–Kier alpha value is -1.00. The molecular formula is C13H13NOS2. The Labute approximate surface area is 110 Å². The summed E-state index contributed by atoms with van der Waals surface area (Å²) in [6.45, 7) is 2.83. The van der Waals surface area contributed by atoms with Crippen LogP contribution in [0.1, 0.15) is 17.7 Å². The van der Waals surface area contributed by atoms with E-state index in [1.54, 1.807) is 11.3 Å². The lowest BCUT2D eigenvalue weighted by molar-refractivity contribution is 0.288. The lowest BCUT2D eigenvalue weighted by atomic mass is 10.0. The number of nitrogens with zero attached hydrogens (tertiary/aromatic N) is 1. The molecule has 1 aromatic carbocycles. The lowest BCUT2D eigenvalue weighted by Crippen LogP contribution is -2.07. The summed E-state index contributed by atoms with van der Waals surface area (Å²) in [6, 6.07) is 6.33. The van der Waals surface area contributed by atoms with E-state index in [0.717, 1.165) is 40.1 Å². The van der Waals surface area contributed by atoms with E-state index in [2.05, 4.69) is 35.8 Å². The second kappa shape index (κ2) is 4.35. The number of benzene rings is 1. The number of ether oxygens (including phenoxy) is 1.